The van der Waals surface area contributed by atoms with E-state index >= 15 is 0 Å². The quantitative estimate of drug-likeness (QED) is 0.674. The van der Waals surface area contributed by atoms with Gasteiger partial charge in [0.1, 0.15) is 5.82 Å². The average Bonchev–Trinajstić information content (AvgIpc) is 3.19. The molecule has 0 unspecified atom stereocenters. The predicted molar refractivity (Wildman–Crippen MR) is 113 cm³/mol. The molecule has 0 spiro atoms. The topological polar surface area (TPSA) is 86.1 Å². The number of methoxy groups -OCH3 is 1. The summed E-state index contributed by atoms with van der Waals surface area (Å²) < 4.78 is 18.1. The van der Waals surface area contributed by atoms with Gasteiger partial charge < -0.3 is 19.1 Å². The summed E-state index contributed by atoms with van der Waals surface area (Å²) in [7, 11) is 3.33. The molecule has 2 aliphatic rings. The Morgan fingerprint density at radius 1 is 1.19 bits per heavy atom. The molecule has 0 atom stereocenters. The molecule has 2 aromatic rings. The number of rotatable bonds is 6. The van der Waals surface area contributed by atoms with Gasteiger partial charge in [-0.05, 0) is 24.6 Å². The first kappa shape index (κ1) is 21.3. The van der Waals surface area contributed by atoms with Crippen molar-refractivity contribution in [2.45, 2.75) is 26.6 Å². The van der Waals surface area contributed by atoms with Crippen molar-refractivity contribution in [2.24, 2.45) is 7.05 Å². The van der Waals surface area contributed by atoms with E-state index in [1.807, 2.05) is 25.1 Å². The van der Waals surface area contributed by atoms with E-state index in [2.05, 4.69) is 9.88 Å². The van der Waals surface area contributed by atoms with Crippen LogP contribution in [0.3, 0.4) is 0 Å². The van der Waals surface area contributed by atoms with Crippen molar-refractivity contribution in [1.82, 2.24) is 19.4 Å². The van der Waals surface area contributed by atoms with E-state index in [-0.39, 0.29) is 18.1 Å². The number of fused-ring (bicyclic) bond motifs is 1. The lowest BCUT2D eigenvalue weighted by Gasteiger charge is -2.26. The van der Waals surface area contributed by atoms with E-state index in [1.54, 1.807) is 23.6 Å². The maximum Gasteiger partial charge on any atom is 0.260 e. The zero-order valence-electron chi connectivity index (χ0n) is 18.2. The second-order valence-corrected chi connectivity index (χ2v) is 7.86. The average molecular weight is 428 g/mol. The minimum absolute atomic E-state index is 0.0243. The largest absolute Gasteiger partial charge is 0.493 e. The van der Waals surface area contributed by atoms with Gasteiger partial charge in [-0.3, -0.25) is 19.1 Å². The molecule has 1 fully saturated rings. The number of hydrogen-bond donors (Lipinski definition) is 0. The summed E-state index contributed by atoms with van der Waals surface area (Å²) in [5, 5.41) is 0. The third kappa shape index (κ3) is 4.57. The number of aromatic nitrogens is 2. The highest BCUT2D eigenvalue weighted by Gasteiger charge is 2.25. The minimum Gasteiger partial charge on any atom is -0.493 e. The van der Waals surface area contributed by atoms with Crippen LogP contribution in [0.5, 0.6) is 11.5 Å². The molecule has 0 bridgehead atoms. The van der Waals surface area contributed by atoms with E-state index in [1.165, 1.54) is 0 Å². The normalized spacial score (nSPS) is 16.3. The molecule has 1 amide bonds. The molecule has 2 aliphatic heterocycles. The minimum atomic E-state index is -0.0614. The van der Waals surface area contributed by atoms with Crippen LogP contribution < -0.4 is 15.0 Å². The number of carbonyl (C=O) groups excluding carboxylic acids is 1. The molecule has 3 heterocycles. The van der Waals surface area contributed by atoms with Crippen LogP contribution in [0.4, 0.5) is 0 Å². The number of aryl methyl sites for hydroxylation is 1. The summed E-state index contributed by atoms with van der Waals surface area (Å²) in [6, 6.07) is 5.69. The van der Waals surface area contributed by atoms with Crippen LogP contribution in [-0.2, 0) is 36.2 Å². The molecule has 31 heavy (non-hydrogen) atoms. The fraction of sp³-hybridized carbons (Fsp3) is 0.500. The molecule has 0 radical (unpaired) electrons. The maximum atomic E-state index is 12.5. The molecule has 1 saturated heterocycles. The molecular formula is C22H28N4O5. The second kappa shape index (κ2) is 9.07. The number of nitrogens with zero attached hydrogens (tertiary/aromatic N) is 4. The number of morpholine rings is 1. The standard InChI is InChI=1S/C22H28N4O5/c1-15-23-18-13-25(12-17(18)22(28)24(15)2)11-16-4-5-19(20(10-16)29-3)31-14-21(27)26-6-8-30-9-7-26/h4-5,10H,6-9,11-14H2,1-3H3. The second-order valence-electron chi connectivity index (χ2n) is 7.86. The number of hydrogen-bond acceptors (Lipinski definition) is 7. The molecule has 4 rings (SSSR count). The first-order valence-electron chi connectivity index (χ1n) is 10.4. The summed E-state index contributed by atoms with van der Waals surface area (Å²) >= 11 is 0. The van der Waals surface area contributed by atoms with Gasteiger partial charge in [-0.1, -0.05) is 6.07 Å². The number of amides is 1. The van der Waals surface area contributed by atoms with Crippen LogP contribution in [0.15, 0.2) is 23.0 Å². The van der Waals surface area contributed by atoms with Gasteiger partial charge >= 0.3 is 0 Å². The highest BCUT2D eigenvalue weighted by Crippen LogP contribution is 2.30. The van der Waals surface area contributed by atoms with Crippen LogP contribution in [0.1, 0.15) is 22.6 Å². The summed E-state index contributed by atoms with van der Waals surface area (Å²) in [4.78, 5) is 33.3. The highest BCUT2D eigenvalue weighted by molar-refractivity contribution is 5.78. The number of ether oxygens (including phenoxy) is 3. The Kier molecular flexibility index (Phi) is 6.24. The molecule has 1 aromatic heterocycles. The fourth-order valence-corrected chi connectivity index (χ4v) is 3.93. The van der Waals surface area contributed by atoms with Crippen LogP contribution in [0.25, 0.3) is 0 Å². The Morgan fingerprint density at radius 2 is 1.97 bits per heavy atom. The summed E-state index contributed by atoms with van der Waals surface area (Å²) in [6.45, 7) is 5.98. The van der Waals surface area contributed by atoms with Gasteiger partial charge in [-0.25, -0.2) is 4.98 Å². The van der Waals surface area contributed by atoms with E-state index in [9.17, 15) is 9.59 Å². The molecule has 0 aliphatic carbocycles. The Hall–Kier alpha value is -2.91. The number of carbonyl (C=O) groups is 1. The smallest absolute Gasteiger partial charge is 0.260 e. The summed E-state index contributed by atoms with van der Waals surface area (Å²) in [5.41, 5.74) is 2.68. The first-order chi connectivity index (χ1) is 15.0. The highest BCUT2D eigenvalue weighted by atomic mass is 16.5. The van der Waals surface area contributed by atoms with Gasteiger partial charge in [0.15, 0.2) is 18.1 Å². The van der Waals surface area contributed by atoms with E-state index < -0.39 is 0 Å². The fourth-order valence-electron chi connectivity index (χ4n) is 3.93. The Labute approximate surface area is 181 Å². The van der Waals surface area contributed by atoms with E-state index in [0.717, 1.165) is 22.6 Å². The van der Waals surface area contributed by atoms with Crippen molar-refractivity contribution < 1.29 is 19.0 Å². The van der Waals surface area contributed by atoms with Gasteiger partial charge in [0.25, 0.3) is 11.5 Å². The summed E-state index contributed by atoms with van der Waals surface area (Å²) in [6.07, 6.45) is 0. The van der Waals surface area contributed by atoms with Crippen molar-refractivity contribution in [1.29, 1.82) is 0 Å². The lowest BCUT2D eigenvalue weighted by molar-refractivity contribution is -0.137. The Balaban J connectivity index is 1.40. The van der Waals surface area contributed by atoms with Gasteiger partial charge in [-0.15, -0.1) is 0 Å². The monoisotopic (exact) mass is 428 g/mol. The molecule has 0 N–H and O–H groups in total. The third-order valence-electron chi connectivity index (χ3n) is 5.80. The van der Waals surface area contributed by atoms with Gasteiger partial charge in [0.2, 0.25) is 0 Å². The zero-order chi connectivity index (χ0) is 22.0. The number of benzene rings is 1. The Bertz CT molecular complexity index is 1030. The molecule has 9 heteroatoms. The molecular weight excluding hydrogens is 400 g/mol. The molecule has 9 nitrogen and oxygen atoms in total. The first-order valence-corrected chi connectivity index (χ1v) is 10.4. The maximum absolute atomic E-state index is 12.5. The van der Waals surface area contributed by atoms with Crippen molar-refractivity contribution in [3.8, 4) is 11.5 Å². The molecule has 0 saturated carbocycles. The van der Waals surface area contributed by atoms with Crippen LogP contribution in [-0.4, -0.2) is 65.3 Å². The van der Waals surface area contributed by atoms with Crippen LogP contribution in [0, 0.1) is 6.92 Å². The van der Waals surface area contributed by atoms with Gasteiger partial charge in [0.05, 0.1) is 31.6 Å². The van der Waals surface area contributed by atoms with Crippen LogP contribution in [0.2, 0.25) is 0 Å². The van der Waals surface area contributed by atoms with E-state index in [0.29, 0.717) is 57.4 Å². The zero-order valence-corrected chi connectivity index (χ0v) is 18.2. The van der Waals surface area contributed by atoms with Crippen molar-refractivity contribution in [3.05, 3.63) is 51.2 Å². The lowest BCUT2D eigenvalue weighted by Crippen LogP contribution is -2.43. The van der Waals surface area contributed by atoms with Crippen LogP contribution >= 0.6 is 0 Å². The predicted octanol–water partition coefficient (Wildman–Crippen LogP) is 0.851. The third-order valence-corrected chi connectivity index (χ3v) is 5.80. The van der Waals surface area contributed by atoms with E-state index in [4.69, 9.17) is 14.2 Å². The summed E-state index contributed by atoms with van der Waals surface area (Å²) in [5.74, 6) is 1.77. The lowest BCUT2D eigenvalue weighted by atomic mass is 10.2. The SMILES string of the molecule is COc1cc(CN2Cc3nc(C)n(C)c(=O)c3C2)ccc1OCC(=O)N1CCOCC1. The van der Waals surface area contributed by atoms with Crippen molar-refractivity contribution in [3.63, 3.8) is 0 Å². The van der Waals surface area contributed by atoms with Crippen molar-refractivity contribution in [2.75, 3.05) is 40.0 Å². The van der Waals surface area contributed by atoms with Gasteiger partial charge in [0, 0.05) is 39.8 Å². The van der Waals surface area contributed by atoms with Crippen molar-refractivity contribution >= 4 is 5.91 Å². The molecule has 166 valence electrons. The molecule has 1 aromatic carbocycles. The van der Waals surface area contributed by atoms with Gasteiger partial charge in [-0.2, -0.15) is 0 Å². The Morgan fingerprint density at radius 3 is 2.71 bits per heavy atom.